The van der Waals surface area contributed by atoms with E-state index in [2.05, 4.69) is 14.9 Å². The number of aromatic amines is 1. The van der Waals surface area contributed by atoms with Crippen LogP contribution in [0.1, 0.15) is 19.5 Å². The molecule has 0 fully saturated rings. The van der Waals surface area contributed by atoms with Gasteiger partial charge in [-0.1, -0.05) is 13.8 Å². The Labute approximate surface area is 89.9 Å². The van der Waals surface area contributed by atoms with Crippen LogP contribution >= 0.6 is 0 Å². The predicted octanol–water partition coefficient (Wildman–Crippen LogP) is 0.717. The van der Waals surface area contributed by atoms with Gasteiger partial charge in [0.1, 0.15) is 0 Å². The summed E-state index contributed by atoms with van der Waals surface area (Å²) in [5.41, 5.74) is 0.812. The third kappa shape index (κ3) is 2.93. The average Bonchev–Trinajstić information content (AvgIpc) is 2.51. The van der Waals surface area contributed by atoms with Gasteiger partial charge in [0.15, 0.2) is 5.82 Å². The first-order chi connectivity index (χ1) is 6.99. The number of hydrogen-bond donors (Lipinski definition) is 2. The van der Waals surface area contributed by atoms with Gasteiger partial charge >= 0.3 is 10.2 Å². The van der Waals surface area contributed by atoms with Crippen molar-refractivity contribution in [2.75, 3.05) is 17.8 Å². The number of aromatic nitrogens is 2. The van der Waals surface area contributed by atoms with E-state index in [1.165, 1.54) is 4.31 Å². The molecule has 1 aromatic rings. The molecule has 6 nitrogen and oxygen atoms in total. The molecule has 86 valence electrons. The zero-order valence-corrected chi connectivity index (χ0v) is 9.93. The summed E-state index contributed by atoms with van der Waals surface area (Å²) in [7, 11) is -3.46. The van der Waals surface area contributed by atoms with Crippen molar-refractivity contribution in [3.05, 3.63) is 11.8 Å². The molecular weight excluding hydrogens is 216 g/mol. The van der Waals surface area contributed by atoms with Crippen molar-refractivity contribution in [1.29, 1.82) is 0 Å². The van der Waals surface area contributed by atoms with Crippen LogP contribution in [-0.4, -0.2) is 36.0 Å². The molecule has 0 bridgehead atoms. The standard InChI is InChI=1S/C8H16N4O2S/c1-4-12(5-2)15(13,14)11-8-6-7(3)9-10-8/h6H,4-5H2,1-3H3,(H2,9,10,11). The van der Waals surface area contributed by atoms with Gasteiger partial charge in [-0.3, -0.25) is 9.82 Å². The molecule has 0 aliphatic carbocycles. The lowest BCUT2D eigenvalue weighted by molar-refractivity contribution is 0.449. The Morgan fingerprint density at radius 3 is 2.47 bits per heavy atom. The van der Waals surface area contributed by atoms with E-state index in [0.29, 0.717) is 18.9 Å². The molecule has 0 amide bonds. The van der Waals surface area contributed by atoms with Crippen LogP contribution in [0.4, 0.5) is 5.82 Å². The van der Waals surface area contributed by atoms with Gasteiger partial charge in [0.05, 0.1) is 0 Å². The van der Waals surface area contributed by atoms with Crippen LogP contribution in [0.2, 0.25) is 0 Å². The summed E-state index contributed by atoms with van der Waals surface area (Å²) in [4.78, 5) is 0. The van der Waals surface area contributed by atoms with Crippen LogP contribution in [0.3, 0.4) is 0 Å². The number of hydrogen-bond acceptors (Lipinski definition) is 3. The van der Waals surface area contributed by atoms with Crippen LogP contribution in [0, 0.1) is 6.92 Å². The van der Waals surface area contributed by atoms with Crippen LogP contribution in [0.15, 0.2) is 6.07 Å². The summed E-state index contributed by atoms with van der Waals surface area (Å²) in [6.45, 7) is 6.27. The molecule has 1 heterocycles. The summed E-state index contributed by atoms with van der Waals surface area (Å²) < 4.78 is 27.2. The first-order valence-electron chi connectivity index (χ1n) is 4.79. The zero-order valence-electron chi connectivity index (χ0n) is 9.11. The molecular formula is C8H16N4O2S. The number of nitrogens with one attached hydrogen (secondary N) is 2. The number of aryl methyl sites for hydroxylation is 1. The Kier molecular flexibility index (Phi) is 3.70. The fraction of sp³-hybridized carbons (Fsp3) is 0.625. The highest BCUT2D eigenvalue weighted by molar-refractivity contribution is 7.90. The van der Waals surface area contributed by atoms with Crippen molar-refractivity contribution in [3.8, 4) is 0 Å². The number of rotatable bonds is 5. The van der Waals surface area contributed by atoms with Crippen molar-refractivity contribution in [2.45, 2.75) is 20.8 Å². The van der Waals surface area contributed by atoms with Crippen molar-refractivity contribution in [3.63, 3.8) is 0 Å². The predicted molar refractivity (Wildman–Crippen MR) is 58.8 cm³/mol. The maximum absolute atomic E-state index is 11.7. The molecule has 2 N–H and O–H groups in total. The van der Waals surface area contributed by atoms with Crippen LogP contribution in [0.5, 0.6) is 0 Å². The number of H-pyrrole nitrogens is 1. The van der Waals surface area contributed by atoms with Crippen LogP contribution in [0.25, 0.3) is 0 Å². The third-order valence-corrected chi connectivity index (χ3v) is 3.65. The lowest BCUT2D eigenvalue weighted by atomic mass is 10.5. The minimum Gasteiger partial charge on any atom is -0.281 e. The molecule has 1 aromatic heterocycles. The van der Waals surface area contributed by atoms with E-state index in [4.69, 9.17) is 0 Å². The molecule has 0 atom stereocenters. The molecule has 0 spiro atoms. The minimum atomic E-state index is -3.46. The van der Waals surface area contributed by atoms with Gasteiger partial charge in [0.25, 0.3) is 0 Å². The second-order valence-electron chi connectivity index (χ2n) is 3.13. The molecule has 0 saturated carbocycles. The summed E-state index contributed by atoms with van der Waals surface area (Å²) in [6.07, 6.45) is 0. The second kappa shape index (κ2) is 4.63. The summed E-state index contributed by atoms with van der Waals surface area (Å²) in [5, 5.41) is 6.48. The fourth-order valence-corrected chi connectivity index (χ4v) is 2.41. The average molecular weight is 232 g/mol. The summed E-state index contributed by atoms with van der Waals surface area (Å²) >= 11 is 0. The van der Waals surface area contributed by atoms with Crippen molar-refractivity contribution < 1.29 is 8.42 Å². The molecule has 0 saturated heterocycles. The Hall–Kier alpha value is -1.08. The van der Waals surface area contributed by atoms with Crippen molar-refractivity contribution >= 4 is 16.0 Å². The Morgan fingerprint density at radius 1 is 1.47 bits per heavy atom. The van der Waals surface area contributed by atoms with E-state index in [9.17, 15) is 8.42 Å². The van der Waals surface area contributed by atoms with E-state index in [0.717, 1.165) is 5.69 Å². The lowest BCUT2D eigenvalue weighted by Crippen LogP contribution is -2.35. The van der Waals surface area contributed by atoms with E-state index < -0.39 is 10.2 Å². The lowest BCUT2D eigenvalue weighted by Gasteiger charge is -2.17. The van der Waals surface area contributed by atoms with Crippen molar-refractivity contribution in [1.82, 2.24) is 14.5 Å². The van der Waals surface area contributed by atoms with E-state index >= 15 is 0 Å². The SMILES string of the molecule is CCN(CC)S(=O)(=O)Nc1cc(C)[nH]n1. The number of nitrogens with zero attached hydrogens (tertiary/aromatic N) is 2. The highest BCUT2D eigenvalue weighted by atomic mass is 32.2. The Balaban J connectivity index is 2.80. The van der Waals surface area contributed by atoms with E-state index in [-0.39, 0.29) is 0 Å². The van der Waals surface area contributed by atoms with Gasteiger partial charge in [-0.05, 0) is 6.92 Å². The zero-order chi connectivity index (χ0) is 11.5. The molecule has 7 heteroatoms. The van der Waals surface area contributed by atoms with Gasteiger partial charge in [0, 0.05) is 24.8 Å². The summed E-state index contributed by atoms with van der Waals surface area (Å²) in [6, 6.07) is 1.64. The highest BCUT2D eigenvalue weighted by Crippen LogP contribution is 2.09. The molecule has 0 aliphatic rings. The molecule has 0 aromatic carbocycles. The van der Waals surface area contributed by atoms with Crippen LogP contribution in [-0.2, 0) is 10.2 Å². The largest absolute Gasteiger partial charge is 0.302 e. The molecule has 15 heavy (non-hydrogen) atoms. The van der Waals surface area contributed by atoms with Gasteiger partial charge in [-0.2, -0.15) is 17.8 Å². The smallest absolute Gasteiger partial charge is 0.281 e. The second-order valence-corrected chi connectivity index (χ2v) is 4.80. The quantitative estimate of drug-likeness (QED) is 0.785. The Bertz CT molecular complexity index is 408. The first kappa shape index (κ1) is 12.0. The van der Waals surface area contributed by atoms with E-state index in [1.807, 2.05) is 6.92 Å². The number of anilines is 1. The van der Waals surface area contributed by atoms with Crippen molar-refractivity contribution in [2.24, 2.45) is 0 Å². The molecule has 0 unspecified atom stereocenters. The maximum Gasteiger partial charge on any atom is 0.302 e. The third-order valence-electron chi connectivity index (χ3n) is 1.98. The first-order valence-corrected chi connectivity index (χ1v) is 6.23. The monoisotopic (exact) mass is 232 g/mol. The van der Waals surface area contributed by atoms with Crippen LogP contribution < -0.4 is 4.72 Å². The maximum atomic E-state index is 11.7. The van der Waals surface area contributed by atoms with Gasteiger partial charge in [-0.15, -0.1) is 0 Å². The molecule has 1 rings (SSSR count). The normalized spacial score (nSPS) is 12.0. The minimum absolute atomic E-state index is 0.319. The Morgan fingerprint density at radius 2 is 2.07 bits per heavy atom. The molecule has 0 aliphatic heterocycles. The van der Waals surface area contributed by atoms with Gasteiger partial charge < -0.3 is 0 Å². The molecule has 0 radical (unpaired) electrons. The summed E-state index contributed by atoms with van der Waals surface area (Å²) in [5.74, 6) is 0.319. The van der Waals surface area contributed by atoms with Gasteiger partial charge in [0.2, 0.25) is 0 Å². The fourth-order valence-electron chi connectivity index (χ4n) is 1.23. The topological polar surface area (TPSA) is 78.1 Å². The van der Waals surface area contributed by atoms with Gasteiger partial charge in [-0.25, -0.2) is 0 Å². The van der Waals surface area contributed by atoms with E-state index in [1.54, 1.807) is 19.9 Å². The highest BCUT2D eigenvalue weighted by Gasteiger charge is 2.19.